The Labute approximate surface area is 188 Å². The Bertz CT molecular complexity index is 1630. The summed E-state index contributed by atoms with van der Waals surface area (Å²) in [7, 11) is 0. The number of rotatable bonds is 4. The van der Waals surface area contributed by atoms with Crippen LogP contribution in [0.2, 0.25) is 5.02 Å². The summed E-state index contributed by atoms with van der Waals surface area (Å²) in [5.41, 5.74) is 3.27. The summed E-state index contributed by atoms with van der Waals surface area (Å²) >= 11 is 6.39. The molecule has 0 unspecified atom stereocenters. The second-order valence-corrected chi connectivity index (χ2v) is 7.94. The lowest BCUT2D eigenvalue weighted by Gasteiger charge is -2.10. The number of nitrogens with zero attached hydrogens (tertiary/aromatic N) is 3. The first-order valence-electron chi connectivity index (χ1n) is 10.1. The monoisotopic (exact) mass is 442 g/mol. The molecule has 5 aromatic rings. The van der Waals surface area contributed by atoms with Gasteiger partial charge in [0.15, 0.2) is 0 Å². The number of halogens is 1. The average molecular weight is 443 g/mol. The fourth-order valence-corrected chi connectivity index (χ4v) is 4.19. The standard InChI is InChI=1S/C25H19ClN4O2/c1-16-20(14-27-30-24(31)19-10-3-6-12-22(19)28-25(30)32)18-9-4-7-13-23(18)29(16)15-17-8-2-5-11-21(17)26/h2-14H,15H2,1H3,(H,28,32). The van der Waals surface area contributed by atoms with Crippen molar-refractivity contribution in [1.82, 2.24) is 14.2 Å². The van der Waals surface area contributed by atoms with Crippen molar-refractivity contribution in [1.29, 1.82) is 0 Å². The van der Waals surface area contributed by atoms with Crippen LogP contribution in [0, 0.1) is 6.92 Å². The van der Waals surface area contributed by atoms with Crippen molar-refractivity contribution < 1.29 is 0 Å². The highest BCUT2D eigenvalue weighted by Crippen LogP contribution is 2.27. The molecule has 7 heteroatoms. The molecular formula is C25H19ClN4O2. The number of aromatic nitrogens is 3. The van der Waals surface area contributed by atoms with Crippen molar-refractivity contribution in [2.75, 3.05) is 0 Å². The van der Waals surface area contributed by atoms with Gasteiger partial charge in [-0.05, 0) is 36.8 Å². The maximum atomic E-state index is 12.8. The van der Waals surface area contributed by atoms with Crippen LogP contribution < -0.4 is 11.2 Å². The van der Waals surface area contributed by atoms with E-state index in [1.165, 1.54) is 0 Å². The third-order valence-corrected chi connectivity index (χ3v) is 6.02. The number of benzene rings is 3. The van der Waals surface area contributed by atoms with Crippen LogP contribution in [-0.4, -0.2) is 20.4 Å². The summed E-state index contributed by atoms with van der Waals surface area (Å²) in [5.74, 6) is 0. The highest BCUT2D eigenvalue weighted by molar-refractivity contribution is 6.31. The molecule has 32 heavy (non-hydrogen) atoms. The molecule has 0 fully saturated rings. The second-order valence-electron chi connectivity index (χ2n) is 7.53. The molecule has 5 rings (SSSR count). The summed E-state index contributed by atoms with van der Waals surface area (Å²) in [6.07, 6.45) is 1.58. The van der Waals surface area contributed by atoms with Crippen LogP contribution in [0.15, 0.2) is 87.5 Å². The Morgan fingerprint density at radius 1 is 0.938 bits per heavy atom. The lowest BCUT2D eigenvalue weighted by atomic mass is 10.1. The van der Waals surface area contributed by atoms with Crippen molar-refractivity contribution >= 4 is 39.6 Å². The van der Waals surface area contributed by atoms with Gasteiger partial charge in [0, 0.05) is 33.7 Å². The molecule has 6 nitrogen and oxygen atoms in total. The highest BCUT2D eigenvalue weighted by atomic mass is 35.5. The van der Waals surface area contributed by atoms with E-state index >= 15 is 0 Å². The number of nitrogens with one attached hydrogen (secondary N) is 1. The molecule has 0 amide bonds. The molecule has 0 aliphatic rings. The first-order valence-corrected chi connectivity index (χ1v) is 10.5. The van der Waals surface area contributed by atoms with Gasteiger partial charge in [-0.2, -0.15) is 5.10 Å². The number of aromatic amines is 1. The van der Waals surface area contributed by atoms with Gasteiger partial charge in [0.05, 0.1) is 17.1 Å². The maximum Gasteiger partial charge on any atom is 0.349 e. The molecule has 1 N–H and O–H groups in total. The zero-order valence-corrected chi connectivity index (χ0v) is 18.0. The average Bonchev–Trinajstić information content (AvgIpc) is 3.06. The van der Waals surface area contributed by atoms with Crippen molar-refractivity contribution in [3.05, 3.63) is 115 Å². The van der Waals surface area contributed by atoms with Gasteiger partial charge in [-0.3, -0.25) is 4.79 Å². The molecule has 0 bridgehead atoms. The minimum atomic E-state index is -0.581. The molecular weight excluding hydrogens is 424 g/mol. The Hall–Kier alpha value is -3.90. The lowest BCUT2D eigenvalue weighted by Crippen LogP contribution is -2.32. The predicted octanol–water partition coefficient (Wildman–Crippen LogP) is 4.54. The van der Waals surface area contributed by atoms with Gasteiger partial charge < -0.3 is 9.55 Å². The smallest absolute Gasteiger partial charge is 0.340 e. The van der Waals surface area contributed by atoms with E-state index < -0.39 is 11.2 Å². The van der Waals surface area contributed by atoms with Gasteiger partial charge in [0.2, 0.25) is 0 Å². The van der Waals surface area contributed by atoms with Crippen molar-refractivity contribution in [2.45, 2.75) is 13.5 Å². The SMILES string of the molecule is Cc1c(C=Nn2c(=O)[nH]c3ccccc3c2=O)c2ccccc2n1Cc1ccccc1Cl. The van der Waals surface area contributed by atoms with Crippen molar-refractivity contribution in [2.24, 2.45) is 5.10 Å². The van der Waals surface area contributed by atoms with E-state index in [9.17, 15) is 9.59 Å². The number of H-pyrrole nitrogens is 1. The van der Waals surface area contributed by atoms with E-state index in [1.54, 1.807) is 30.5 Å². The molecule has 3 aromatic carbocycles. The van der Waals surface area contributed by atoms with E-state index in [-0.39, 0.29) is 0 Å². The van der Waals surface area contributed by atoms with E-state index in [2.05, 4.69) is 14.7 Å². The minimum absolute atomic E-state index is 0.405. The van der Waals surface area contributed by atoms with Gasteiger partial charge in [-0.15, -0.1) is 4.68 Å². The first-order chi connectivity index (χ1) is 15.5. The third kappa shape index (κ3) is 3.35. The molecule has 0 saturated carbocycles. The largest absolute Gasteiger partial charge is 0.349 e. The summed E-state index contributed by atoms with van der Waals surface area (Å²) in [4.78, 5) is 28.0. The summed E-state index contributed by atoms with van der Waals surface area (Å²) < 4.78 is 3.02. The summed E-state index contributed by atoms with van der Waals surface area (Å²) in [6, 6.07) is 22.6. The maximum absolute atomic E-state index is 12.8. The minimum Gasteiger partial charge on any atom is -0.340 e. The van der Waals surface area contributed by atoms with Gasteiger partial charge in [-0.25, -0.2) is 4.79 Å². The second kappa shape index (κ2) is 7.98. The Kier molecular flexibility index (Phi) is 4.99. The van der Waals surface area contributed by atoms with Crippen LogP contribution in [0.4, 0.5) is 0 Å². The van der Waals surface area contributed by atoms with E-state index in [1.807, 2.05) is 55.5 Å². The molecule has 0 aliphatic heterocycles. The molecule has 2 aromatic heterocycles. The number of fused-ring (bicyclic) bond motifs is 2. The van der Waals surface area contributed by atoms with Crippen molar-refractivity contribution in [3.8, 4) is 0 Å². The lowest BCUT2D eigenvalue weighted by molar-refractivity contribution is 0.770. The van der Waals surface area contributed by atoms with Crippen LogP contribution in [0.3, 0.4) is 0 Å². The van der Waals surface area contributed by atoms with Gasteiger partial charge >= 0.3 is 5.69 Å². The fraction of sp³-hybridized carbons (Fsp3) is 0.0800. The van der Waals surface area contributed by atoms with Crippen LogP contribution in [0.5, 0.6) is 0 Å². The van der Waals surface area contributed by atoms with Gasteiger partial charge in [0.25, 0.3) is 5.56 Å². The Morgan fingerprint density at radius 3 is 2.44 bits per heavy atom. The van der Waals surface area contributed by atoms with Crippen LogP contribution in [-0.2, 0) is 6.54 Å². The Balaban J connectivity index is 1.65. The zero-order valence-electron chi connectivity index (χ0n) is 17.2. The topological polar surface area (TPSA) is 72.2 Å². The zero-order chi connectivity index (χ0) is 22.2. The molecule has 0 saturated heterocycles. The van der Waals surface area contributed by atoms with Crippen LogP contribution in [0.25, 0.3) is 21.8 Å². The fourth-order valence-electron chi connectivity index (χ4n) is 3.99. The van der Waals surface area contributed by atoms with Crippen LogP contribution >= 0.6 is 11.6 Å². The molecule has 0 spiro atoms. The molecule has 0 atom stereocenters. The number of hydrogen-bond donors (Lipinski definition) is 1. The highest BCUT2D eigenvalue weighted by Gasteiger charge is 2.14. The third-order valence-electron chi connectivity index (χ3n) is 5.65. The first kappa shape index (κ1) is 20.0. The van der Waals surface area contributed by atoms with Crippen LogP contribution in [0.1, 0.15) is 16.8 Å². The summed E-state index contributed by atoms with van der Waals surface area (Å²) in [5, 5.41) is 6.36. The number of para-hydroxylation sites is 2. The molecule has 158 valence electrons. The predicted molar refractivity (Wildman–Crippen MR) is 129 cm³/mol. The van der Waals surface area contributed by atoms with Gasteiger partial charge in [-0.1, -0.05) is 60.1 Å². The normalized spacial score (nSPS) is 11.7. The van der Waals surface area contributed by atoms with E-state index in [0.29, 0.717) is 22.5 Å². The summed E-state index contributed by atoms with van der Waals surface area (Å²) in [6.45, 7) is 2.59. The molecule has 0 aliphatic carbocycles. The molecule has 0 radical (unpaired) electrons. The van der Waals surface area contributed by atoms with E-state index in [0.717, 1.165) is 32.4 Å². The number of hydrogen-bond acceptors (Lipinski definition) is 3. The Morgan fingerprint density at radius 2 is 1.62 bits per heavy atom. The van der Waals surface area contributed by atoms with E-state index in [4.69, 9.17) is 11.6 Å². The molecule has 2 heterocycles. The van der Waals surface area contributed by atoms with Gasteiger partial charge in [0.1, 0.15) is 0 Å². The quantitative estimate of drug-likeness (QED) is 0.415. The van der Waals surface area contributed by atoms with Crippen molar-refractivity contribution in [3.63, 3.8) is 0 Å².